The molecule has 0 radical (unpaired) electrons. The van der Waals surface area contributed by atoms with Gasteiger partial charge < -0.3 is 10.5 Å². The summed E-state index contributed by atoms with van der Waals surface area (Å²) >= 11 is 0. The van der Waals surface area contributed by atoms with E-state index in [0.717, 1.165) is 5.56 Å². The minimum Gasteiger partial charge on any atom is -0.465 e. The summed E-state index contributed by atoms with van der Waals surface area (Å²) < 4.78 is 4.77. The Hall–Kier alpha value is -2.43. The second-order valence-electron chi connectivity index (χ2n) is 3.80. The quantitative estimate of drug-likeness (QED) is 0.643. The normalized spacial score (nSPS) is 10.1. The highest BCUT2D eigenvalue weighted by Crippen LogP contribution is 2.29. The van der Waals surface area contributed by atoms with Gasteiger partial charge in [-0.1, -0.05) is 12.1 Å². The van der Waals surface area contributed by atoms with Gasteiger partial charge in [0.05, 0.1) is 24.6 Å². The molecule has 2 rings (SSSR count). The number of carbonyl (C=O) groups is 1. The number of anilines is 1. The third kappa shape index (κ3) is 2.02. The number of rotatable bonds is 2. The maximum absolute atomic E-state index is 11.8. The fourth-order valence-electron chi connectivity index (χ4n) is 1.70. The number of carbonyl (C=O) groups excluding carboxylic acids is 1. The van der Waals surface area contributed by atoms with Crippen LogP contribution in [0.25, 0.3) is 11.3 Å². The molecule has 2 N–H and O–H groups in total. The summed E-state index contributed by atoms with van der Waals surface area (Å²) in [6, 6.07) is 3.63. The highest BCUT2D eigenvalue weighted by atomic mass is 16.5. The molecule has 1 aromatic heterocycles. The van der Waals surface area contributed by atoms with Crippen LogP contribution in [0, 0.1) is 6.92 Å². The number of esters is 1. The van der Waals surface area contributed by atoms with Gasteiger partial charge in [0.25, 0.3) is 0 Å². The molecule has 0 spiro atoms. The summed E-state index contributed by atoms with van der Waals surface area (Å²) in [5.74, 6) is -0.475. The van der Waals surface area contributed by atoms with E-state index in [1.807, 2.05) is 13.0 Å². The van der Waals surface area contributed by atoms with Crippen LogP contribution in [0.4, 0.5) is 5.69 Å². The number of methoxy groups -OCH3 is 1. The Balaban J connectivity index is 2.68. The van der Waals surface area contributed by atoms with Crippen molar-refractivity contribution in [3.63, 3.8) is 0 Å². The number of aryl methyl sites for hydroxylation is 1. The Kier molecular flexibility index (Phi) is 3.23. The second-order valence-corrected chi connectivity index (χ2v) is 3.80. The average molecular weight is 243 g/mol. The van der Waals surface area contributed by atoms with E-state index in [1.165, 1.54) is 7.11 Å². The van der Waals surface area contributed by atoms with Gasteiger partial charge in [-0.2, -0.15) is 0 Å². The Morgan fingerprint density at radius 2 is 2.11 bits per heavy atom. The zero-order valence-corrected chi connectivity index (χ0v) is 10.2. The molecule has 0 aliphatic heterocycles. The van der Waals surface area contributed by atoms with Crippen LogP contribution in [0.3, 0.4) is 0 Å². The van der Waals surface area contributed by atoms with Crippen LogP contribution >= 0.6 is 0 Å². The predicted molar refractivity (Wildman–Crippen MR) is 68.0 cm³/mol. The lowest BCUT2D eigenvalue weighted by atomic mass is 9.99. The van der Waals surface area contributed by atoms with Gasteiger partial charge in [0.15, 0.2) is 0 Å². The first-order valence-corrected chi connectivity index (χ1v) is 5.39. The van der Waals surface area contributed by atoms with Crippen LogP contribution < -0.4 is 5.73 Å². The van der Waals surface area contributed by atoms with Gasteiger partial charge in [-0.05, 0) is 12.5 Å². The van der Waals surface area contributed by atoms with Crippen LogP contribution in [0.2, 0.25) is 0 Å². The van der Waals surface area contributed by atoms with Gasteiger partial charge in [-0.25, -0.2) is 4.79 Å². The van der Waals surface area contributed by atoms with E-state index < -0.39 is 5.97 Å². The molecule has 1 heterocycles. The standard InChI is InChI=1S/C13H13N3O2/c1-8-3-4-9(10-7-15-5-6-16-10)11(12(8)14)13(17)18-2/h3-7H,14H2,1-2H3. The Bertz CT molecular complexity index is 582. The van der Waals surface area contributed by atoms with Gasteiger partial charge in [-0.3, -0.25) is 9.97 Å². The number of nitrogen functional groups attached to an aromatic ring is 1. The molecule has 0 aliphatic carbocycles. The predicted octanol–water partition coefficient (Wildman–Crippen LogP) is 1.82. The number of hydrogen-bond donors (Lipinski definition) is 1. The average Bonchev–Trinajstić information content (AvgIpc) is 2.42. The molecule has 92 valence electrons. The molecule has 18 heavy (non-hydrogen) atoms. The maximum atomic E-state index is 11.8. The van der Waals surface area contributed by atoms with Crippen molar-refractivity contribution >= 4 is 11.7 Å². The number of aromatic nitrogens is 2. The van der Waals surface area contributed by atoms with E-state index in [4.69, 9.17) is 10.5 Å². The third-order valence-corrected chi connectivity index (χ3v) is 2.69. The first-order chi connectivity index (χ1) is 8.65. The highest BCUT2D eigenvalue weighted by Gasteiger charge is 2.19. The van der Waals surface area contributed by atoms with Crippen molar-refractivity contribution in [2.24, 2.45) is 0 Å². The topological polar surface area (TPSA) is 78.1 Å². The van der Waals surface area contributed by atoms with Crippen LogP contribution in [-0.2, 0) is 4.74 Å². The minimum atomic E-state index is -0.475. The second kappa shape index (κ2) is 4.83. The summed E-state index contributed by atoms with van der Waals surface area (Å²) in [6.45, 7) is 1.84. The summed E-state index contributed by atoms with van der Waals surface area (Å²) in [7, 11) is 1.32. The van der Waals surface area contributed by atoms with E-state index in [-0.39, 0.29) is 0 Å². The number of ether oxygens (including phenoxy) is 1. The molecule has 5 heteroatoms. The molecule has 0 amide bonds. The fourth-order valence-corrected chi connectivity index (χ4v) is 1.70. The molecule has 0 fully saturated rings. The Labute approximate surface area is 105 Å². The van der Waals surface area contributed by atoms with E-state index in [0.29, 0.717) is 22.5 Å². The molecule has 0 bridgehead atoms. The summed E-state index contributed by atoms with van der Waals surface area (Å²) in [5.41, 5.74) is 8.72. The molecule has 0 atom stereocenters. The van der Waals surface area contributed by atoms with Gasteiger partial charge in [0.1, 0.15) is 0 Å². The SMILES string of the molecule is COC(=O)c1c(-c2cnccn2)ccc(C)c1N. The molecular formula is C13H13N3O2. The molecule has 5 nitrogen and oxygen atoms in total. The molecule has 0 saturated carbocycles. The molecular weight excluding hydrogens is 230 g/mol. The van der Waals surface area contributed by atoms with E-state index in [2.05, 4.69) is 9.97 Å². The monoisotopic (exact) mass is 243 g/mol. The van der Waals surface area contributed by atoms with E-state index in [1.54, 1.807) is 24.7 Å². The molecule has 0 unspecified atom stereocenters. The molecule has 1 aromatic carbocycles. The van der Waals surface area contributed by atoms with Gasteiger partial charge >= 0.3 is 5.97 Å². The largest absolute Gasteiger partial charge is 0.465 e. The van der Waals surface area contributed by atoms with Crippen molar-refractivity contribution in [2.45, 2.75) is 6.92 Å². The first-order valence-electron chi connectivity index (χ1n) is 5.39. The van der Waals surface area contributed by atoms with Gasteiger partial charge in [0.2, 0.25) is 0 Å². The van der Waals surface area contributed by atoms with Crippen LogP contribution in [0.15, 0.2) is 30.7 Å². The lowest BCUT2D eigenvalue weighted by Crippen LogP contribution is -2.09. The minimum absolute atomic E-state index is 0.331. The molecule has 0 aliphatic rings. The number of nitrogens with zero attached hydrogens (tertiary/aromatic N) is 2. The van der Waals surface area contributed by atoms with Crippen molar-refractivity contribution in [1.82, 2.24) is 9.97 Å². The fraction of sp³-hybridized carbons (Fsp3) is 0.154. The zero-order valence-electron chi connectivity index (χ0n) is 10.2. The van der Waals surface area contributed by atoms with Crippen LogP contribution in [0.1, 0.15) is 15.9 Å². The van der Waals surface area contributed by atoms with Crippen molar-refractivity contribution in [3.05, 3.63) is 41.9 Å². The van der Waals surface area contributed by atoms with Crippen molar-refractivity contribution in [1.29, 1.82) is 0 Å². The Morgan fingerprint density at radius 1 is 1.33 bits per heavy atom. The van der Waals surface area contributed by atoms with Crippen molar-refractivity contribution in [2.75, 3.05) is 12.8 Å². The van der Waals surface area contributed by atoms with Gasteiger partial charge in [-0.15, -0.1) is 0 Å². The van der Waals surface area contributed by atoms with Crippen molar-refractivity contribution < 1.29 is 9.53 Å². The first kappa shape index (κ1) is 12.0. The van der Waals surface area contributed by atoms with Crippen molar-refractivity contribution in [3.8, 4) is 11.3 Å². The number of hydrogen-bond acceptors (Lipinski definition) is 5. The molecule has 2 aromatic rings. The maximum Gasteiger partial charge on any atom is 0.340 e. The lowest BCUT2D eigenvalue weighted by molar-refractivity contribution is 0.0602. The number of nitrogens with two attached hydrogens (primary N) is 1. The zero-order chi connectivity index (χ0) is 13.1. The van der Waals surface area contributed by atoms with Crippen LogP contribution in [-0.4, -0.2) is 23.0 Å². The number of benzene rings is 1. The summed E-state index contributed by atoms with van der Waals surface area (Å²) in [4.78, 5) is 20.0. The molecule has 0 saturated heterocycles. The smallest absolute Gasteiger partial charge is 0.340 e. The third-order valence-electron chi connectivity index (χ3n) is 2.69. The highest BCUT2D eigenvalue weighted by molar-refractivity contribution is 6.02. The summed E-state index contributed by atoms with van der Waals surface area (Å²) in [6.07, 6.45) is 4.71. The van der Waals surface area contributed by atoms with Gasteiger partial charge in [0, 0.05) is 23.6 Å². The van der Waals surface area contributed by atoms with Crippen LogP contribution in [0.5, 0.6) is 0 Å². The lowest BCUT2D eigenvalue weighted by Gasteiger charge is -2.11. The Morgan fingerprint density at radius 3 is 2.72 bits per heavy atom. The van der Waals surface area contributed by atoms with E-state index >= 15 is 0 Å². The summed E-state index contributed by atoms with van der Waals surface area (Å²) in [5, 5.41) is 0. The van der Waals surface area contributed by atoms with E-state index in [9.17, 15) is 4.79 Å².